The molecule has 1 unspecified atom stereocenters. The summed E-state index contributed by atoms with van der Waals surface area (Å²) >= 11 is 0. The molecule has 2 heterocycles. The average molecular weight is 314 g/mol. The normalized spacial score (nSPS) is 21.1. The maximum Gasteiger partial charge on any atom is 0.223 e. The number of nitriles is 1. The Kier molecular flexibility index (Phi) is 4.26. The summed E-state index contributed by atoms with van der Waals surface area (Å²) in [6.45, 7) is 7.26. The molecule has 1 aromatic carbocycles. The molecule has 0 bridgehead atoms. The number of guanidine groups is 1. The topological polar surface area (TPSA) is 67.0 Å². The first-order valence-corrected chi connectivity index (χ1v) is 7.71. The number of fused-ring (bicyclic) bond motifs is 1. The first kappa shape index (κ1) is 15.4. The van der Waals surface area contributed by atoms with Gasteiger partial charge in [0, 0.05) is 44.0 Å². The van der Waals surface area contributed by atoms with Crippen LogP contribution >= 0.6 is 0 Å². The van der Waals surface area contributed by atoms with Gasteiger partial charge in [-0.1, -0.05) is 0 Å². The monoisotopic (exact) mass is 314 g/mol. The summed E-state index contributed by atoms with van der Waals surface area (Å²) in [4.78, 5) is 6.79. The number of rotatable bonds is 1. The number of piperazine rings is 1. The van der Waals surface area contributed by atoms with Crippen molar-refractivity contribution in [3.63, 3.8) is 0 Å². The van der Waals surface area contributed by atoms with Gasteiger partial charge in [-0.3, -0.25) is 0 Å². The number of hydrogen-bond acceptors (Lipinski definition) is 6. The van der Waals surface area contributed by atoms with Crippen molar-refractivity contribution in [3.8, 4) is 6.07 Å². The molecule has 0 amide bonds. The average Bonchev–Trinajstić information content (AvgIpc) is 2.57. The molecule has 2 aliphatic rings. The van der Waals surface area contributed by atoms with Crippen molar-refractivity contribution in [1.82, 2.24) is 15.2 Å². The zero-order valence-electron chi connectivity index (χ0n) is 13.3. The van der Waals surface area contributed by atoms with Gasteiger partial charge in [0.25, 0.3) is 0 Å². The van der Waals surface area contributed by atoms with Crippen LogP contribution < -0.4 is 5.32 Å². The molecule has 1 aromatic rings. The van der Waals surface area contributed by atoms with Gasteiger partial charge < -0.3 is 10.2 Å². The van der Waals surface area contributed by atoms with Crippen LogP contribution in [-0.2, 0) is 0 Å². The summed E-state index contributed by atoms with van der Waals surface area (Å²) in [6.07, 6.45) is 1.72. The van der Waals surface area contributed by atoms with E-state index in [1.165, 1.54) is 6.07 Å². The first-order valence-electron chi connectivity index (χ1n) is 7.71. The van der Waals surface area contributed by atoms with Gasteiger partial charge in [0.15, 0.2) is 0 Å². The number of nitrogens with one attached hydrogen (secondary N) is 1. The van der Waals surface area contributed by atoms with Gasteiger partial charge in [0.1, 0.15) is 11.9 Å². The minimum absolute atomic E-state index is 0.0388. The number of nitrogens with zero attached hydrogens (tertiary/aromatic N) is 5. The second kappa shape index (κ2) is 6.34. The van der Waals surface area contributed by atoms with E-state index < -0.39 is 5.82 Å². The van der Waals surface area contributed by atoms with Gasteiger partial charge in [0.2, 0.25) is 5.96 Å². The SMILES string of the molecule is C/C=N\N1C(N2CCNCC2)=Nc2cc(F)c(C#N)cc2C1C. The molecule has 0 aliphatic carbocycles. The lowest BCUT2D eigenvalue weighted by atomic mass is 10.0. The largest absolute Gasteiger partial charge is 0.338 e. The van der Waals surface area contributed by atoms with Crippen molar-refractivity contribution >= 4 is 17.9 Å². The van der Waals surface area contributed by atoms with E-state index in [9.17, 15) is 4.39 Å². The number of benzene rings is 1. The van der Waals surface area contributed by atoms with E-state index in [1.54, 1.807) is 12.3 Å². The Morgan fingerprint density at radius 2 is 2.17 bits per heavy atom. The molecular formula is C16H19FN6. The molecule has 1 fully saturated rings. The van der Waals surface area contributed by atoms with Crippen LogP contribution in [0.3, 0.4) is 0 Å². The lowest BCUT2D eigenvalue weighted by molar-refractivity contribution is 0.258. The number of hydrazone groups is 1. The van der Waals surface area contributed by atoms with E-state index in [0.717, 1.165) is 37.7 Å². The van der Waals surface area contributed by atoms with Crippen LogP contribution in [-0.4, -0.2) is 48.3 Å². The van der Waals surface area contributed by atoms with Crippen LogP contribution in [0.1, 0.15) is 31.0 Å². The molecule has 120 valence electrons. The van der Waals surface area contributed by atoms with Gasteiger partial charge in [-0.25, -0.2) is 14.4 Å². The predicted molar refractivity (Wildman–Crippen MR) is 87.1 cm³/mol. The molecule has 0 saturated carbocycles. The Labute approximate surface area is 134 Å². The van der Waals surface area contributed by atoms with Crippen LogP contribution in [0.25, 0.3) is 0 Å². The maximum absolute atomic E-state index is 14.0. The Balaban J connectivity index is 2.09. The molecular weight excluding hydrogens is 295 g/mol. The number of aliphatic imine (C=N–C) groups is 1. The second-order valence-corrected chi connectivity index (χ2v) is 5.55. The van der Waals surface area contributed by atoms with Crippen LogP contribution in [0.5, 0.6) is 0 Å². The van der Waals surface area contributed by atoms with Crippen molar-refractivity contribution < 1.29 is 4.39 Å². The smallest absolute Gasteiger partial charge is 0.223 e. The molecule has 2 aliphatic heterocycles. The van der Waals surface area contributed by atoms with Gasteiger partial charge in [0.05, 0.1) is 17.3 Å². The highest BCUT2D eigenvalue weighted by Gasteiger charge is 2.31. The van der Waals surface area contributed by atoms with E-state index >= 15 is 0 Å². The third-order valence-electron chi connectivity index (χ3n) is 4.12. The maximum atomic E-state index is 14.0. The quantitative estimate of drug-likeness (QED) is 0.805. The Morgan fingerprint density at radius 3 is 2.83 bits per heavy atom. The molecule has 6 nitrogen and oxygen atoms in total. The number of halogens is 1. The van der Waals surface area contributed by atoms with Gasteiger partial charge >= 0.3 is 0 Å². The fourth-order valence-corrected chi connectivity index (χ4v) is 2.92. The highest BCUT2D eigenvalue weighted by atomic mass is 19.1. The summed E-state index contributed by atoms with van der Waals surface area (Å²) in [7, 11) is 0. The molecule has 0 radical (unpaired) electrons. The standard InChI is InChI=1S/C16H19FN6/c1-3-20-23-11(2)13-8-12(10-18)14(17)9-15(13)21-16(23)22-6-4-19-5-7-22/h3,8-9,11,19H,4-7H2,1-2H3/b20-3-. The second-order valence-electron chi connectivity index (χ2n) is 5.55. The van der Waals surface area contributed by atoms with Gasteiger partial charge in [-0.15, -0.1) is 0 Å². The van der Waals surface area contributed by atoms with Crippen molar-refractivity contribution in [2.75, 3.05) is 26.2 Å². The molecule has 1 saturated heterocycles. The van der Waals surface area contributed by atoms with E-state index in [0.29, 0.717) is 5.69 Å². The Hall–Kier alpha value is -2.46. The zero-order chi connectivity index (χ0) is 16.4. The molecule has 3 rings (SSSR count). The third-order valence-corrected chi connectivity index (χ3v) is 4.12. The third kappa shape index (κ3) is 2.78. The van der Waals surface area contributed by atoms with Crippen LogP contribution in [0, 0.1) is 17.1 Å². The number of hydrogen-bond donors (Lipinski definition) is 1. The molecule has 1 atom stereocenters. The summed E-state index contributed by atoms with van der Waals surface area (Å²) in [6, 6.07) is 4.70. The van der Waals surface area contributed by atoms with E-state index in [4.69, 9.17) is 5.26 Å². The highest BCUT2D eigenvalue weighted by molar-refractivity contribution is 5.86. The minimum atomic E-state index is -0.533. The molecule has 0 aromatic heterocycles. The summed E-state index contributed by atoms with van der Waals surface area (Å²) in [5, 5.41) is 18.6. The van der Waals surface area contributed by atoms with E-state index in [2.05, 4.69) is 20.3 Å². The van der Waals surface area contributed by atoms with Crippen molar-refractivity contribution in [1.29, 1.82) is 5.26 Å². The van der Waals surface area contributed by atoms with Crippen molar-refractivity contribution in [2.45, 2.75) is 19.9 Å². The van der Waals surface area contributed by atoms with Crippen LogP contribution in [0.15, 0.2) is 22.2 Å². The molecule has 0 spiro atoms. The van der Waals surface area contributed by atoms with Crippen LogP contribution in [0.2, 0.25) is 0 Å². The highest BCUT2D eigenvalue weighted by Crippen LogP contribution is 2.37. The summed E-state index contributed by atoms with van der Waals surface area (Å²) < 4.78 is 14.0. The summed E-state index contributed by atoms with van der Waals surface area (Å²) in [5.74, 6) is 0.197. The fourth-order valence-electron chi connectivity index (χ4n) is 2.92. The molecule has 23 heavy (non-hydrogen) atoms. The Bertz CT molecular complexity index is 699. The molecule has 1 N–H and O–H groups in total. The predicted octanol–water partition coefficient (Wildman–Crippen LogP) is 1.97. The van der Waals surface area contributed by atoms with Crippen molar-refractivity contribution in [3.05, 3.63) is 29.1 Å². The van der Waals surface area contributed by atoms with Crippen LogP contribution in [0.4, 0.5) is 10.1 Å². The lowest BCUT2D eigenvalue weighted by Gasteiger charge is -2.39. The van der Waals surface area contributed by atoms with Gasteiger partial charge in [-0.05, 0) is 19.9 Å². The van der Waals surface area contributed by atoms with Crippen molar-refractivity contribution in [2.24, 2.45) is 10.1 Å². The Morgan fingerprint density at radius 1 is 1.43 bits per heavy atom. The minimum Gasteiger partial charge on any atom is -0.338 e. The lowest BCUT2D eigenvalue weighted by Crippen LogP contribution is -2.52. The fraction of sp³-hybridized carbons (Fsp3) is 0.438. The van der Waals surface area contributed by atoms with E-state index in [1.807, 2.05) is 24.9 Å². The zero-order valence-corrected chi connectivity index (χ0v) is 13.3. The summed E-state index contributed by atoms with van der Waals surface area (Å²) in [5.41, 5.74) is 1.43. The molecule has 7 heteroatoms. The van der Waals surface area contributed by atoms with E-state index in [-0.39, 0.29) is 11.6 Å². The van der Waals surface area contributed by atoms with Gasteiger partial charge in [-0.2, -0.15) is 10.4 Å². The first-order chi connectivity index (χ1) is 11.2.